The molecule has 3 nitrogen and oxygen atoms in total. The van der Waals surface area contributed by atoms with Crippen LogP contribution in [-0.4, -0.2) is 25.1 Å². The van der Waals surface area contributed by atoms with Crippen LogP contribution in [-0.2, 0) is 6.18 Å². The molecule has 21 heavy (non-hydrogen) atoms. The minimum atomic E-state index is -4.35. The molecule has 2 unspecified atom stereocenters. The number of pyridine rings is 1. The van der Waals surface area contributed by atoms with Gasteiger partial charge in [0.15, 0.2) is 0 Å². The molecule has 1 aliphatic carbocycles. The van der Waals surface area contributed by atoms with Gasteiger partial charge in [0.2, 0.25) is 0 Å². The topological polar surface area (TPSA) is 28.2 Å². The molecule has 0 spiro atoms. The fourth-order valence-electron chi connectivity index (χ4n) is 2.32. The summed E-state index contributed by atoms with van der Waals surface area (Å²) in [6.07, 6.45) is -2.37. The molecule has 2 atom stereocenters. The van der Waals surface area contributed by atoms with Crippen molar-refractivity contribution >= 4 is 11.6 Å². The lowest BCUT2D eigenvalue weighted by atomic mass is 10.2. The largest absolute Gasteiger partial charge is 0.416 e. The summed E-state index contributed by atoms with van der Waals surface area (Å²) in [6.45, 7) is 5.48. The number of nitrogens with zero attached hydrogens (tertiary/aromatic N) is 2. The van der Waals surface area contributed by atoms with E-state index in [1.54, 1.807) is 7.05 Å². The van der Waals surface area contributed by atoms with Crippen molar-refractivity contribution in [3.63, 3.8) is 0 Å². The van der Waals surface area contributed by atoms with Crippen molar-refractivity contribution in [3.8, 4) is 0 Å². The second-order valence-corrected chi connectivity index (χ2v) is 5.88. The number of halogens is 3. The third-order valence-corrected chi connectivity index (χ3v) is 3.87. The van der Waals surface area contributed by atoms with E-state index in [2.05, 4.69) is 17.2 Å². The van der Waals surface area contributed by atoms with Gasteiger partial charge >= 0.3 is 6.18 Å². The molecule has 1 fully saturated rings. The van der Waals surface area contributed by atoms with Crippen LogP contribution in [0.2, 0.25) is 0 Å². The number of rotatable bonds is 6. The Bertz CT molecular complexity index is 488. The SMILES string of the molecule is CCCNc1cc(C(F)(F)F)cc(N(C)CC2CC2C)n1. The highest BCUT2D eigenvalue weighted by atomic mass is 19.4. The highest BCUT2D eigenvalue weighted by Gasteiger charge is 2.35. The van der Waals surface area contributed by atoms with Crippen LogP contribution in [0.1, 0.15) is 32.3 Å². The van der Waals surface area contributed by atoms with Gasteiger partial charge in [-0.25, -0.2) is 4.98 Å². The third-order valence-electron chi connectivity index (χ3n) is 3.87. The molecular weight excluding hydrogens is 279 g/mol. The first-order chi connectivity index (χ1) is 9.81. The summed E-state index contributed by atoms with van der Waals surface area (Å²) in [4.78, 5) is 6.13. The molecular formula is C15H22F3N3. The minimum Gasteiger partial charge on any atom is -0.370 e. The molecule has 0 radical (unpaired) electrons. The molecule has 0 bridgehead atoms. The molecule has 0 aromatic carbocycles. The van der Waals surface area contributed by atoms with Crippen LogP contribution in [0.5, 0.6) is 0 Å². The zero-order valence-corrected chi connectivity index (χ0v) is 12.7. The van der Waals surface area contributed by atoms with Gasteiger partial charge in [0.25, 0.3) is 0 Å². The van der Waals surface area contributed by atoms with E-state index in [0.29, 0.717) is 24.2 Å². The summed E-state index contributed by atoms with van der Waals surface area (Å²) >= 11 is 0. The molecule has 1 saturated carbocycles. The minimum absolute atomic E-state index is 0.289. The number of hydrogen-bond acceptors (Lipinski definition) is 3. The molecule has 0 aliphatic heterocycles. The number of hydrogen-bond donors (Lipinski definition) is 1. The van der Waals surface area contributed by atoms with E-state index in [0.717, 1.165) is 31.5 Å². The van der Waals surface area contributed by atoms with E-state index >= 15 is 0 Å². The Morgan fingerprint density at radius 2 is 2.05 bits per heavy atom. The smallest absolute Gasteiger partial charge is 0.370 e. The van der Waals surface area contributed by atoms with Crippen molar-refractivity contribution in [3.05, 3.63) is 17.7 Å². The third kappa shape index (κ3) is 4.25. The molecule has 1 aliphatic rings. The second kappa shape index (κ2) is 6.12. The van der Waals surface area contributed by atoms with Crippen LogP contribution in [0, 0.1) is 11.8 Å². The maximum atomic E-state index is 13.0. The Hall–Kier alpha value is -1.46. The highest BCUT2D eigenvalue weighted by molar-refractivity contribution is 5.51. The Kier molecular flexibility index (Phi) is 4.64. The Balaban J connectivity index is 2.21. The maximum absolute atomic E-state index is 13.0. The number of anilines is 2. The van der Waals surface area contributed by atoms with Crippen LogP contribution in [0.3, 0.4) is 0 Å². The van der Waals surface area contributed by atoms with Crippen LogP contribution < -0.4 is 10.2 Å². The number of alkyl halides is 3. The van der Waals surface area contributed by atoms with Gasteiger partial charge in [0.05, 0.1) is 5.56 Å². The van der Waals surface area contributed by atoms with Crippen molar-refractivity contribution in [2.75, 3.05) is 30.4 Å². The van der Waals surface area contributed by atoms with Gasteiger partial charge in [0, 0.05) is 20.1 Å². The van der Waals surface area contributed by atoms with Crippen LogP contribution in [0.4, 0.5) is 24.8 Å². The van der Waals surface area contributed by atoms with E-state index in [1.807, 2.05) is 11.8 Å². The average molecular weight is 301 g/mol. The Labute approximate surface area is 123 Å². The van der Waals surface area contributed by atoms with E-state index in [4.69, 9.17) is 0 Å². The Morgan fingerprint density at radius 3 is 2.57 bits per heavy atom. The molecule has 1 aromatic rings. The Morgan fingerprint density at radius 1 is 1.38 bits per heavy atom. The summed E-state index contributed by atoms with van der Waals surface area (Å²) in [7, 11) is 1.80. The summed E-state index contributed by atoms with van der Waals surface area (Å²) in [5.74, 6) is 1.90. The van der Waals surface area contributed by atoms with E-state index in [1.165, 1.54) is 0 Å². The fraction of sp³-hybridized carbons (Fsp3) is 0.667. The first-order valence-corrected chi connectivity index (χ1v) is 7.35. The summed E-state index contributed by atoms with van der Waals surface area (Å²) < 4.78 is 39.0. The van der Waals surface area contributed by atoms with Crippen LogP contribution >= 0.6 is 0 Å². The van der Waals surface area contributed by atoms with Crippen LogP contribution in [0.25, 0.3) is 0 Å². The highest BCUT2D eigenvalue weighted by Crippen LogP contribution is 2.39. The van der Waals surface area contributed by atoms with Gasteiger partial charge in [-0.1, -0.05) is 13.8 Å². The van der Waals surface area contributed by atoms with Crippen molar-refractivity contribution in [1.82, 2.24) is 4.98 Å². The number of aromatic nitrogens is 1. The first kappa shape index (κ1) is 15.9. The van der Waals surface area contributed by atoms with Gasteiger partial charge < -0.3 is 10.2 Å². The predicted octanol–water partition coefficient (Wildman–Crippen LogP) is 4.01. The first-order valence-electron chi connectivity index (χ1n) is 7.35. The molecule has 0 saturated heterocycles. The molecule has 0 amide bonds. The monoisotopic (exact) mass is 301 g/mol. The molecule has 1 heterocycles. The zero-order valence-electron chi connectivity index (χ0n) is 12.7. The molecule has 1 N–H and O–H groups in total. The van der Waals surface area contributed by atoms with Crippen LogP contribution in [0.15, 0.2) is 12.1 Å². The van der Waals surface area contributed by atoms with Crippen molar-refractivity contribution in [2.24, 2.45) is 11.8 Å². The van der Waals surface area contributed by atoms with Gasteiger partial charge in [0.1, 0.15) is 11.6 Å². The fourth-order valence-corrected chi connectivity index (χ4v) is 2.32. The zero-order chi connectivity index (χ0) is 15.6. The van der Waals surface area contributed by atoms with Gasteiger partial charge in [-0.15, -0.1) is 0 Å². The van der Waals surface area contributed by atoms with Crippen molar-refractivity contribution < 1.29 is 13.2 Å². The number of nitrogens with one attached hydrogen (secondary N) is 1. The summed E-state index contributed by atoms with van der Waals surface area (Å²) in [6, 6.07) is 2.21. The lowest BCUT2D eigenvalue weighted by molar-refractivity contribution is -0.137. The average Bonchev–Trinajstić information content (AvgIpc) is 3.10. The lowest BCUT2D eigenvalue weighted by Gasteiger charge is -2.21. The summed E-state index contributed by atoms with van der Waals surface area (Å²) in [5, 5.41) is 2.94. The maximum Gasteiger partial charge on any atom is 0.416 e. The molecule has 6 heteroatoms. The quantitative estimate of drug-likeness (QED) is 0.860. The predicted molar refractivity (Wildman–Crippen MR) is 78.6 cm³/mol. The van der Waals surface area contributed by atoms with E-state index in [9.17, 15) is 13.2 Å². The molecule has 1 aromatic heterocycles. The molecule has 118 valence electrons. The van der Waals surface area contributed by atoms with E-state index in [-0.39, 0.29) is 5.82 Å². The normalized spacial score (nSPS) is 21.2. The van der Waals surface area contributed by atoms with Gasteiger partial charge in [-0.3, -0.25) is 0 Å². The van der Waals surface area contributed by atoms with Crippen molar-refractivity contribution in [2.45, 2.75) is 32.9 Å². The van der Waals surface area contributed by atoms with E-state index < -0.39 is 11.7 Å². The second-order valence-electron chi connectivity index (χ2n) is 5.88. The summed E-state index contributed by atoms with van der Waals surface area (Å²) in [5.41, 5.74) is -0.651. The van der Waals surface area contributed by atoms with Gasteiger partial charge in [-0.2, -0.15) is 13.2 Å². The lowest BCUT2D eigenvalue weighted by Crippen LogP contribution is -2.23. The molecule has 2 rings (SSSR count). The standard InChI is InChI=1S/C15H22F3N3/c1-4-5-19-13-7-12(15(16,17)18)8-14(20-13)21(3)9-11-6-10(11)2/h7-8,10-11H,4-6,9H2,1-3H3,(H,19,20). The van der Waals surface area contributed by atoms with Gasteiger partial charge in [-0.05, 0) is 36.8 Å². The van der Waals surface area contributed by atoms with Crippen molar-refractivity contribution in [1.29, 1.82) is 0 Å².